The van der Waals surface area contributed by atoms with E-state index in [1.807, 2.05) is 13.8 Å². The molecule has 0 atom stereocenters. The number of unbranched alkanes of at least 4 members (excludes halogenated alkanes) is 3. The summed E-state index contributed by atoms with van der Waals surface area (Å²) in [5.41, 5.74) is 5.95. The molecule has 0 radical (unpaired) electrons. The van der Waals surface area contributed by atoms with Gasteiger partial charge >= 0.3 is 0 Å². The number of aryl methyl sites for hydroxylation is 2. The van der Waals surface area contributed by atoms with Crippen molar-refractivity contribution >= 4 is 17.3 Å². The number of benzene rings is 1. The quantitative estimate of drug-likeness (QED) is 0.621. The largest absolute Gasteiger partial charge is 0.369 e. The van der Waals surface area contributed by atoms with E-state index in [0.717, 1.165) is 31.6 Å². The van der Waals surface area contributed by atoms with Crippen LogP contribution < -0.4 is 10.2 Å². The first-order valence-corrected chi connectivity index (χ1v) is 10.0. The summed E-state index contributed by atoms with van der Waals surface area (Å²) in [6, 6.07) is 2.23. The number of carbonyl (C=O) groups excluding carboxylic acids is 1. The highest BCUT2D eigenvalue weighted by atomic mass is 16.2. The van der Waals surface area contributed by atoms with Crippen LogP contribution in [0.2, 0.25) is 0 Å². The summed E-state index contributed by atoms with van der Waals surface area (Å²) in [6.45, 7) is 14.9. The van der Waals surface area contributed by atoms with Crippen LogP contribution in [-0.2, 0) is 11.2 Å². The average molecular weight is 345 g/mol. The van der Waals surface area contributed by atoms with Gasteiger partial charge in [0.2, 0.25) is 5.91 Å². The van der Waals surface area contributed by atoms with Crippen LogP contribution in [-0.4, -0.2) is 19.0 Å². The fourth-order valence-corrected chi connectivity index (χ4v) is 3.59. The maximum Gasteiger partial charge on any atom is 0.230 e. The average Bonchev–Trinajstić information content (AvgIpc) is 2.99. The number of hydrogen-bond donors (Lipinski definition) is 1. The Bertz CT molecular complexity index is 619. The molecule has 0 bridgehead atoms. The van der Waals surface area contributed by atoms with E-state index in [0.29, 0.717) is 0 Å². The summed E-state index contributed by atoms with van der Waals surface area (Å²) in [5, 5.41) is 3.28. The van der Waals surface area contributed by atoms with E-state index < -0.39 is 0 Å². The summed E-state index contributed by atoms with van der Waals surface area (Å²) in [7, 11) is 0. The molecular formula is C22H36N2O. The Hall–Kier alpha value is -1.51. The van der Waals surface area contributed by atoms with Gasteiger partial charge in [-0.05, 0) is 49.8 Å². The minimum Gasteiger partial charge on any atom is -0.369 e. The van der Waals surface area contributed by atoms with Crippen molar-refractivity contribution in [3.05, 3.63) is 22.8 Å². The third-order valence-corrected chi connectivity index (χ3v) is 5.79. The first-order valence-electron chi connectivity index (χ1n) is 10.0. The number of anilines is 2. The number of fused-ring (bicyclic) bond motifs is 1. The van der Waals surface area contributed by atoms with E-state index in [9.17, 15) is 4.79 Å². The molecule has 140 valence electrons. The summed E-state index contributed by atoms with van der Waals surface area (Å²) in [6.07, 6.45) is 7.03. The molecule has 3 heteroatoms. The lowest BCUT2D eigenvalue weighted by Crippen LogP contribution is -2.31. The van der Waals surface area contributed by atoms with Crippen LogP contribution in [0.3, 0.4) is 0 Å². The van der Waals surface area contributed by atoms with Gasteiger partial charge in [0.05, 0.1) is 11.4 Å². The highest BCUT2D eigenvalue weighted by Crippen LogP contribution is 2.41. The van der Waals surface area contributed by atoms with Gasteiger partial charge in [0, 0.05) is 18.5 Å². The smallest absolute Gasteiger partial charge is 0.230 e. The number of rotatable bonds is 8. The highest BCUT2D eigenvalue weighted by molar-refractivity contribution is 5.99. The predicted octanol–water partition coefficient (Wildman–Crippen LogP) is 5.62. The Balaban J connectivity index is 2.28. The Kier molecular flexibility index (Phi) is 6.53. The molecule has 2 rings (SSSR count). The predicted molar refractivity (Wildman–Crippen MR) is 109 cm³/mol. The Morgan fingerprint density at radius 3 is 2.52 bits per heavy atom. The van der Waals surface area contributed by atoms with Gasteiger partial charge in [0.15, 0.2) is 0 Å². The zero-order valence-corrected chi connectivity index (χ0v) is 17.1. The third kappa shape index (κ3) is 4.37. The van der Waals surface area contributed by atoms with E-state index in [2.05, 4.69) is 44.0 Å². The zero-order valence-electron chi connectivity index (χ0n) is 17.1. The molecule has 0 spiro atoms. The van der Waals surface area contributed by atoms with Crippen molar-refractivity contribution in [1.82, 2.24) is 0 Å². The second kappa shape index (κ2) is 8.25. The topological polar surface area (TPSA) is 32.3 Å². The van der Waals surface area contributed by atoms with Crippen LogP contribution in [0.4, 0.5) is 11.4 Å². The lowest BCUT2D eigenvalue weighted by atomic mass is 9.89. The van der Waals surface area contributed by atoms with E-state index in [4.69, 9.17) is 0 Å². The Morgan fingerprint density at radius 1 is 1.16 bits per heavy atom. The lowest BCUT2D eigenvalue weighted by molar-refractivity contribution is -0.124. The Labute approximate surface area is 154 Å². The molecule has 1 aliphatic heterocycles. The number of nitrogens with one attached hydrogen (secondary N) is 1. The number of carbonyl (C=O) groups is 1. The van der Waals surface area contributed by atoms with Gasteiger partial charge in [-0.2, -0.15) is 0 Å². The molecule has 1 amide bonds. The zero-order chi connectivity index (χ0) is 18.6. The van der Waals surface area contributed by atoms with E-state index >= 15 is 0 Å². The SMILES string of the molecule is CCCCCCN1CCc2c(C)cc(C)c(NC(=O)C(C)(C)CC)c21. The van der Waals surface area contributed by atoms with Crippen LogP contribution in [0.15, 0.2) is 6.07 Å². The van der Waals surface area contributed by atoms with Crippen LogP contribution >= 0.6 is 0 Å². The summed E-state index contributed by atoms with van der Waals surface area (Å²) in [5.74, 6) is 0.127. The van der Waals surface area contributed by atoms with Crippen LogP contribution in [0.5, 0.6) is 0 Å². The Morgan fingerprint density at radius 2 is 1.88 bits per heavy atom. The number of nitrogens with zero attached hydrogens (tertiary/aromatic N) is 1. The van der Waals surface area contributed by atoms with E-state index in [-0.39, 0.29) is 11.3 Å². The minimum atomic E-state index is -0.339. The molecule has 1 aromatic carbocycles. The molecule has 25 heavy (non-hydrogen) atoms. The molecule has 1 aromatic rings. The van der Waals surface area contributed by atoms with Crippen molar-refractivity contribution in [2.45, 2.75) is 80.1 Å². The highest BCUT2D eigenvalue weighted by Gasteiger charge is 2.30. The van der Waals surface area contributed by atoms with Gasteiger partial charge in [-0.1, -0.05) is 53.0 Å². The second-order valence-electron chi connectivity index (χ2n) is 8.20. The molecule has 3 nitrogen and oxygen atoms in total. The number of amides is 1. The molecule has 0 aromatic heterocycles. The van der Waals surface area contributed by atoms with Crippen molar-refractivity contribution in [3.63, 3.8) is 0 Å². The van der Waals surface area contributed by atoms with Gasteiger partial charge in [-0.3, -0.25) is 4.79 Å². The van der Waals surface area contributed by atoms with E-state index in [1.54, 1.807) is 0 Å². The molecule has 0 saturated carbocycles. The molecule has 0 unspecified atom stereocenters. The van der Waals surface area contributed by atoms with Gasteiger partial charge in [0.1, 0.15) is 0 Å². The van der Waals surface area contributed by atoms with Crippen molar-refractivity contribution in [2.24, 2.45) is 5.41 Å². The first-order chi connectivity index (χ1) is 11.8. The third-order valence-electron chi connectivity index (χ3n) is 5.79. The van der Waals surface area contributed by atoms with E-state index in [1.165, 1.54) is 48.1 Å². The van der Waals surface area contributed by atoms with Crippen LogP contribution in [0.25, 0.3) is 0 Å². The summed E-state index contributed by atoms with van der Waals surface area (Å²) >= 11 is 0. The molecule has 1 aliphatic rings. The fourth-order valence-electron chi connectivity index (χ4n) is 3.59. The van der Waals surface area contributed by atoms with Crippen LogP contribution in [0.1, 0.15) is 76.5 Å². The van der Waals surface area contributed by atoms with Crippen LogP contribution in [0, 0.1) is 19.3 Å². The molecule has 0 fully saturated rings. The molecule has 1 heterocycles. The lowest BCUT2D eigenvalue weighted by Gasteiger charge is -2.27. The van der Waals surface area contributed by atoms with Crippen molar-refractivity contribution in [1.29, 1.82) is 0 Å². The molecule has 0 saturated heterocycles. The van der Waals surface area contributed by atoms with Crippen molar-refractivity contribution in [2.75, 3.05) is 23.3 Å². The molecule has 0 aliphatic carbocycles. The normalized spacial score (nSPS) is 13.9. The van der Waals surface area contributed by atoms with Crippen molar-refractivity contribution < 1.29 is 4.79 Å². The molecule has 1 N–H and O–H groups in total. The molecular weight excluding hydrogens is 308 g/mol. The van der Waals surface area contributed by atoms with Gasteiger partial charge in [-0.15, -0.1) is 0 Å². The fraction of sp³-hybridized carbons (Fsp3) is 0.682. The summed E-state index contributed by atoms with van der Waals surface area (Å²) < 4.78 is 0. The monoisotopic (exact) mass is 344 g/mol. The second-order valence-corrected chi connectivity index (χ2v) is 8.20. The van der Waals surface area contributed by atoms with Crippen molar-refractivity contribution in [3.8, 4) is 0 Å². The number of hydrogen-bond acceptors (Lipinski definition) is 2. The minimum absolute atomic E-state index is 0.127. The maximum atomic E-state index is 12.8. The van der Waals surface area contributed by atoms with Gasteiger partial charge in [-0.25, -0.2) is 0 Å². The van der Waals surface area contributed by atoms with Gasteiger partial charge < -0.3 is 10.2 Å². The maximum absolute atomic E-state index is 12.8. The standard InChI is InChI=1S/C22H36N2O/c1-7-9-10-11-13-24-14-12-18-16(3)15-17(4)19(20(18)24)23-21(25)22(5,6)8-2/h15H,7-14H2,1-6H3,(H,23,25). The first kappa shape index (κ1) is 19.8. The van der Waals surface area contributed by atoms with Gasteiger partial charge in [0.25, 0.3) is 0 Å². The summed E-state index contributed by atoms with van der Waals surface area (Å²) in [4.78, 5) is 15.3.